The number of nitrogens with zero attached hydrogens (tertiary/aromatic N) is 5. The lowest BCUT2D eigenvalue weighted by Gasteiger charge is -2.32. The number of benzene rings is 4. The van der Waals surface area contributed by atoms with E-state index < -0.39 is 0 Å². The van der Waals surface area contributed by atoms with Crippen molar-refractivity contribution in [2.45, 2.75) is 11.8 Å². The van der Waals surface area contributed by atoms with E-state index in [4.69, 9.17) is 9.97 Å². The van der Waals surface area contributed by atoms with Gasteiger partial charge in [-0.2, -0.15) is 0 Å². The summed E-state index contributed by atoms with van der Waals surface area (Å²) in [5.74, 6) is 1.80. The average Bonchev–Trinajstić information content (AvgIpc) is 3.72. The van der Waals surface area contributed by atoms with Crippen LogP contribution >= 0.6 is 11.3 Å². The van der Waals surface area contributed by atoms with Crippen molar-refractivity contribution in [2.24, 2.45) is 0 Å². The van der Waals surface area contributed by atoms with Crippen LogP contribution in [0.3, 0.4) is 0 Å². The lowest BCUT2D eigenvalue weighted by Crippen LogP contribution is -2.18. The smallest absolute Gasteiger partial charge is 0.159 e. The molecule has 0 fully saturated rings. The molecule has 2 atom stereocenters. The largest absolute Gasteiger partial charge is 0.309 e. The zero-order valence-corrected chi connectivity index (χ0v) is 26.5. The molecule has 0 bridgehead atoms. The van der Waals surface area contributed by atoms with Gasteiger partial charge in [0, 0.05) is 78.1 Å². The number of para-hydroxylation sites is 1. The summed E-state index contributed by atoms with van der Waals surface area (Å²) in [5, 5.41) is 2.46. The fraction of sp³-hybridized carbons (Fsp3) is 0.0476. The van der Waals surface area contributed by atoms with E-state index in [-0.39, 0.29) is 11.8 Å². The standard InChI is InChI=1S/C42H27N5S/c1-3-12-26(13-4-1)38-34(25-45-42(46-38)27-14-5-2-6-15-27)47-33-19-10-9-18-31(33)36-37-32-24-28(41-43-22-11-23-44-41)20-21-35(32)48-40(37)30-17-8-7-16-29(30)39(36)47/h1-25,29-30H. The van der Waals surface area contributed by atoms with E-state index in [1.54, 1.807) is 12.4 Å². The van der Waals surface area contributed by atoms with Gasteiger partial charge in [0.1, 0.15) is 0 Å². The highest BCUT2D eigenvalue weighted by atomic mass is 32.1. The van der Waals surface area contributed by atoms with Crippen LogP contribution in [0.15, 0.2) is 152 Å². The van der Waals surface area contributed by atoms with Crippen LogP contribution in [0, 0.1) is 0 Å². The summed E-state index contributed by atoms with van der Waals surface area (Å²) in [6.45, 7) is 0. The highest BCUT2D eigenvalue weighted by Crippen LogP contribution is 2.58. The molecule has 0 radical (unpaired) electrons. The molecule has 5 nitrogen and oxygen atoms in total. The van der Waals surface area contributed by atoms with E-state index >= 15 is 0 Å². The number of fused-ring (bicyclic) bond motifs is 10. The fourth-order valence-corrected chi connectivity index (χ4v) is 8.81. The minimum Gasteiger partial charge on any atom is -0.309 e. The van der Waals surface area contributed by atoms with Gasteiger partial charge in [-0.25, -0.2) is 19.9 Å². The van der Waals surface area contributed by atoms with Gasteiger partial charge >= 0.3 is 0 Å². The predicted molar refractivity (Wildman–Crippen MR) is 195 cm³/mol. The van der Waals surface area contributed by atoms with Crippen LogP contribution in [0.5, 0.6) is 0 Å². The van der Waals surface area contributed by atoms with Crippen molar-refractivity contribution < 1.29 is 0 Å². The predicted octanol–water partition coefficient (Wildman–Crippen LogP) is 10.4. The van der Waals surface area contributed by atoms with Gasteiger partial charge < -0.3 is 4.57 Å². The number of hydrogen-bond acceptors (Lipinski definition) is 5. The Morgan fingerprint density at radius 3 is 2.12 bits per heavy atom. The first-order chi connectivity index (χ1) is 23.8. The maximum atomic E-state index is 5.28. The molecular weight excluding hydrogens is 607 g/mol. The molecule has 226 valence electrons. The van der Waals surface area contributed by atoms with Gasteiger partial charge in [0.05, 0.1) is 23.1 Å². The van der Waals surface area contributed by atoms with Gasteiger partial charge in [-0.1, -0.05) is 103 Å². The highest BCUT2D eigenvalue weighted by Gasteiger charge is 2.39. The van der Waals surface area contributed by atoms with Crippen LogP contribution < -0.4 is 0 Å². The number of aromatic nitrogens is 5. The third-order valence-electron chi connectivity index (χ3n) is 9.54. The zero-order valence-electron chi connectivity index (χ0n) is 25.7. The molecule has 4 aromatic heterocycles. The molecule has 2 unspecified atom stereocenters. The quantitative estimate of drug-likeness (QED) is 0.194. The maximum absolute atomic E-state index is 5.28. The molecule has 0 N–H and O–H groups in total. The number of hydrogen-bond donors (Lipinski definition) is 0. The second kappa shape index (κ2) is 10.8. The van der Waals surface area contributed by atoms with Crippen LogP contribution in [0.25, 0.3) is 71.8 Å². The van der Waals surface area contributed by atoms with E-state index in [1.165, 1.54) is 37.2 Å². The Bertz CT molecular complexity index is 2560. The lowest BCUT2D eigenvalue weighted by molar-refractivity contribution is 0.697. The minimum atomic E-state index is 0.146. The molecule has 0 aliphatic heterocycles. The minimum absolute atomic E-state index is 0.146. The van der Waals surface area contributed by atoms with E-state index in [2.05, 4.69) is 124 Å². The third kappa shape index (κ3) is 4.09. The highest BCUT2D eigenvalue weighted by molar-refractivity contribution is 7.19. The Balaban J connectivity index is 1.30. The Labute approximate surface area is 281 Å². The Morgan fingerprint density at radius 1 is 0.583 bits per heavy atom. The molecule has 2 aliphatic carbocycles. The molecule has 8 aromatic rings. The van der Waals surface area contributed by atoms with Gasteiger partial charge in [0.2, 0.25) is 0 Å². The number of thiophene rings is 1. The van der Waals surface area contributed by atoms with Crippen LogP contribution in [-0.2, 0) is 0 Å². The van der Waals surface area contributed by atoms with Gasteiger partial charge in [0.15, 0.2) is 11.6 Å². The van der Waals surface area contributed by atoms with Crippen LogP contribution in [0.4, 0.5) is 0 Å². The SMILES string of the molecule is C1=CC2c3sc4ccc(-c5ncccn5)cc4c3-c3c(n(-c4cnc(-c5ccccc5)nc4-c4ccccc4)c4ccccc34)C2C=C1. The van der Waals surface area contributed by atoms with Crippen molar-refractivity contribution in [3.8, 4) is 50.8 Å². The molecule has 0 saturated heterocycles. The molecule has 0 spiro atoms. The monoisotopic (exact) mass is 633 g/mol. The first kappa shape index (κ1) is 27.2. The number of rotatable bonds is 4. The van der Waals surface area contributed by atoms with Crippen molar-refractivity contribution in [2.75, 3.05) is 0 Å². The third-order valence-corrected chi connectivity index (χ3v) is 10.8. The summed E-state index contributed by atoms with van der Waals surface area (Å²) >= 11 is 1.91. The van der Waals surface area contributed by atoms with Crippen molar-refractivity contribution in [1.29, 1.82) is 0 Å². The summed E-state index contributed by atoms with van der Waals surface area (Å²) in [6, 6.07) is 38.0. The van der Waals surface area contributed by atoms with Crippen molar-refractivity contribution in [1.82, 2.24) is 24.5 Å². The van der Waals surface area contributed by atoms with Crippen molar-refractivity contribution in [3.63, 3.8) is 0 Å². The zero-order chi connectivity index (χ0) is 31.6. The topological polar surface area (TPSA) is 56.5 Å². The summed E-state index contributed by atoms with van der Waals surface area (Å²) < 4.78 is 3.71. The molecule has 4 heterocycles. The van der Waals surface area contributed by atoms with E-state index in [0.717, 1.165) is 39.4 Å². The molecule has 2 aliphatic rings. The van der Waals surface area contributed by atoms with E-state index in [1.807, 2.05) is 41.8 Å². The van der Waals surface area contributed by atoms with Crippen LogP contribution in [0.2, 0.25) is 0 Å². The van der Waals surface area contributed by atoms with Crippen molar-refractivity contribution >= 4 is 32.3 Å². The summed E-state index contributed by atoms with van der Waals surface area (Å²) in [5.41, 5.74) is 9.95. The summed E-state index contributed by atoms with van der Waals surface area (Å²) in [4.78, 5) is 20.8. The molecular formula is C42H27N5S. The van der Waals surface area contributed by atoms with E-state index in [0.29, 0.717) is 5.82 Å². The molecule has 48 heavy (non-hydrogen) atoms. The average molecular weight is 634 g/mol. The molecule has 10 rings (SSSR count). The van der Waals surface area contributed by atoms with Gasteiger partial charge in [-0.05, 0) is 30.3 Å². The number of allylic oxidation sites excluding steroid dienone is 4. The summed E-state index contributed by atoms with van der Waals surface area (Å²) in [7, 11) is 0. The maximum Gasteiger partial charge on any atom is 0.159 e. The molecule has 4 aromatic carbocycles. The Hall–Kier alpha value is -5.98. The molecule has 0 saturated carbocycles. The first-order valence-electron chi connectivity index (χ1n) is 16.1. The lowest BCUT2D eigenvalue weighted by atomic mass is 9.75. The molecule has 6 heteroatoms. The first-order valence-corrected chi connectivity index (χ1v) is 17.0. The van der Waals surface area contributed by atoms with Crippen LogP contribution in [-0.4, -0.2) is 24.5 Å². The Kier molecular flexibility index (Phi) is 6.11. The normalized spacial score (nSPS) is 16.2. The second-order valence-electron chi connectivity index (χ2n) is 12.2. The van der Waals surface area contributed by atoms with Gasteiger partial charge in [-0.3, -0.25) is 0 Å². The van der Waals surface area contributed by atoms with Gasteiger partial charge in [0.25, 0.3) is 0 Å². The van der Waals surface area contributed by atoms with Crippen molar-refractivity contribution in [3.05, 3.63) is 163 Å². The Morgan fingerprint density at radius 2 is 1.31 bits per heavy atom. The van der Waals surface area contributed by atoms with Gasteiger partial charge in [-0.15, -0.1) is 11.3 Å². The molecule has 0 amide bonds. The fourth-order valence-electron chi connectivity index (χ4n) is 7.49. The van der Waals surface area contributed by atoms with E-state index in [9.17, 15) is 0 Å². The summed E-state index contributed by atoms with van der Waals surface area (Å²) in [6.07, 6.45) is 14.8. The second-order valence-corrected chi connectivity index (χ2v) is 13.3. The van der Waals surface area contributed by atoms with Crippen LogP contribution in [0.1, 0.15) is 22.4 Å².